The highest BCUT2D eigenvalue weighted by Crippen LogP contribution is 2.32. The summed E-state index contributed by atoms with van der Waals surface area (Å²) < 4.78 is 10.8. The Hall–Kier alpha value is -1.59. The Morgan fingerprint density at radius 3 is 2.86 bits per heavy atom. The monoisotopic (exact) mass is 301 g/mol. The van der Waals surface area contributed by atoms with Crippen LogP contribution in [0.4, 0.5) is 0 Å². The van der Waals surface area contributed by atoms with Crippen molar-refractivity contribution in [2.45, 2.75) is 39.4 Å². The molecule has 118 valence electrons. The van der Waals surface area contributed by atoms with E-state index >= 15 is 0 Å². The number of fused-ring (bicyclic) bond motifs is 2. The summed E-state index contributed by atoms with van der Waals surface area (Å²) in [4.78, 5) is 5.14. The van der Waals surface area contributed by atoms with Crippen LogP contribution in [0, 0.1) is 19.8 Å². The van der Waals surface area contributed by atoms with Crippen LogP contribution in [0.1, 0.15) is 29.2 Å². The summed E-state index contributed by atoms with van der Waals surface area (Å²) in [6.07, 6.45) is 3.08. The molecule has 2 aromatic heterocycles. The Kier molecular flexibility index (Phi) is 3.54. The lowest BCUT2D eigenvalue weighted by atomic mass is 9.99. The molecule has 5 heteroatoms. The van der Waals surface area contributed by atoms with E-state index in [1.54, 1.807) is 6.26 Å². The van der Waals surface area contributed by atoms with Crippen LogP contribution in [0.5, 0.6) is 0 Å². The highest BCUT2D eigenvalue weighted by Gasteiger charge is 2.38. The Balaban J connectivity index is 1.42. The predicted molar refractivity (Wildman–Crippen MR) is 82.3 cm³/mol. The van der Waals surface area contributed by atoms with E-state index in [4.69, 9.17) is 8.94 Å². The second-order valence-electron chi connectivity index (χ2n) is 6.76. The van der Waals surface area contributed by atoms with Crippen molar-refractivity contribution >= 4 is 0 Å². The van der Waals surface area contributed by atoms with E-state index in [1.807, 2.05) is 19.9 Å². The molecule has 2 aliphatic heterocycles. The fraction of sp³-hybridized carbons (Fsp3) is 0.588. The minimum Gasteiger partial charge on any atom is -0.468 e. The van der Waals surface area contributed by atoms with Gasteiger partial charge in [-0.2, -0.15) is 0 Å². The van der Waals surface area contributed by atoms with Crippen molar-refractivity contribution < 1.29 is 8.94 Å². The van der Waals surface area contributed by atoms with Gasteiger partial charge in [-0.05, 0) is 38.3 Å². The van der Waals surface area contributed by atoms with Crippen LogP contribution < -0.4 is 0 Å². The van der Waals surface area contributed by atoms with Crippen LogP contribution in [0.2, 0.25) is 0 Å². The van der Waals surface area contributed by atoms with E-state index in [9.17, 15) is 0 Å². The van der Waals surface area contributed by atoms with Crippen molar-refractivity contribution in [1.82, 2.24) is 15.0 Å². The maximum Gasteiger partial charge on any atom is 0.138 e. The molecule has 0 aliphatic carbocycles. The Bertz CT molecular complexity index is 615. The molecule has 5 nitrogen and oxygen atoms in total. The zero-order chi connectivity index (χ0) is 15.1. The van der Waals surface area contributed by atoms with Gasteiger partial charge in [-0.15, -0.1) is 0 Å². The number of aryl methyl sites for hydroxylation is 2. The first kappa shape index (κ1) is 14.0. The molecule has 22 heavy (non-hydrogen) atoms. The van der Waals surface area contributed by atoms with Crippen LogP contribution in [0.25, 0.3) is 0 Å². The number of nitrogens with zero attached hydrogens (tertiary/aromatic N) is 3. The van der Waals surface area contributed by atoms with Gasteiger partial charge in [-0.25, -0.2) is 0 Å². The van der Waals surface area contributed by atoms with Gasteiger partial charge in [0.05, 0.1) is 18.5 Å². The van der Waals surface area contributed by atoms with Crippen molar-refractivity contribution in [2.75, 3.05) is 19.6 Å². The first-order valence-electron chi connectivity index (χ1n) is 8.09. The van der Waals surface area contributed by atoms with Gasteiger partial charge < -0.3 is 8.94 Å². The fourth-order valence-corrected chi connectivity index (χ4v) is 4.03. The Morgan fingerprint density at radius 1 is 1.23 bits per heavy atom. The largest absolute Gasteiger partial charge is 0.468 e. The molecule has 2 fully saturated rings. The maximum atomic E-state index is 5.51. The Labute approximate surface area is 130 Å². The quantitative estimate of drug-likeness (QED) is 0.868. The van der Waals surface area contributed by atoms with Crippen LogP contribution in [0.3, 0.4) is 0 Å². The molecule has 2 atom stereocenters. The zero-order valence-electron chi connectivity index (χ0n) is 13.3. The lowest BCUT2D eigenvalue weighted by molar-refractivity contribution is 0.148. The second-order valence-corrected chi connectivity index (χ2v) is 6.76. The SMILES string of the molecule is Cc1noc(C)c1CN1C[C@H]2C[C@@H](C1)N(Cc1ccco1)C2. The lowest BCUT2D eigenvalue weighted by Gasteiger charge is -2.32. The van der Waals surface area contributed by atoms with Crippen LogP contribution in [0.15, 0.2) is 27.3 Å². The summed E-state index contributed by atoms with van der Waals surface area (Å²) in [5, 5.41) is 4.08. The first-order valence-corrected chi connectivity index (χ1v) is 8.09. The lowest BCUT2D eigenvalue weighted by Crippen LogP contribution is -2.41. The first-order chi connectivity index (χ1) is 10.7. The van der Waals surface area contributed by atoms with Gasteiger partial charge in [0, 0.05) is 37.8 Å². The van der Waals surface area contributed by atoms with E-state index < -0.39 is 0 Å². The molecule has 0 amide bonds. The minimum absolute atomic E-state index is 0.643. The van der Waals surface area contributed by atoms with E-state index in [2.05, 4.69) is 21.0 Å². The fourth-order valence-electron chi connectivity index (χ4n) is 4.03. The molecule has 4 rings (SSSR count). The summed E-state index contributed by atoms with van der Waals surface area (Å²) in [6, 6.07) is 4.69. The van der Waals surface area contributed by atoms with Gasteiger partial charge in [-0.1, -0.05) is 5.16 Å². The van der Waals surface area contributed by atoms with Gasteiger partial charge in [-0.3, -0.25) is 9.80 Å². The molecular formula is C17H23N3O2. The number of likely N-dealkylation sites (tertiary alicyclic amines) is 2. The zero-order valence-corrected chi connectivity index (χ0v) is 13.3. The number of rotatable bonds is 4. The summed E-state index contributed by atoms with van der Waals surface area (Å²) in [5.41, 5.74) is 2.29. The van der Waals surface area contributed by atoms with Crippen LogP contribution >= 0.6 is 0 Å². The van der Waals surface area contributed by atoms with Crippen molar-refractivity contribution in [1.29, 1.82) is 0 Å². The van der Waals surface area contributed by atoms with Gasteiger partial charge in [0.2, 0.25) is 0 Å². The topological polar surface area (TPSA) is 45.7 Å². The molecule has 2 aliphatic rings. The Morgan fingerprint density at radius 2 is 2.14 bits per heavy atom. The van der Waals surface area contributed by atoms with Crippen molar-refractivity contribution in [3.63, 3.8) is 0 Å². The molecule has 0 aromatic carbocycles. The number of aromatic nitrogens is 1. The average Bonchev–Trinajstić information content (AvgIpc) is 3.18. The van der Waals surface area contributed by atoms with Crippen molar-refractivity contribution in [3.8, 4) is 0 Å². The highest BCUT2D eigenvalue weighted by atomic mass is 16.5. The summed E-state index contributed by atoms with van der Waals surface area (Å²) in [6.45, 7) is 9.43. The van der Waals surface area contributed by atoms with Crippen molar-refractivity contribution in [3.05, 3.63) is 41.2 Å². The molecule has 4 heterocycles. The molecule has 2 aromatic rings. The number of hydrogen-bond donors (Lipinski definition) is 0. The predicted octanol–water partition coefficient (Wildman–Crippen LogP) is 2.59. The molecule has 0 unspecified atom stereocenters. The molecule has 2 bridgehead atoms. The third kappa shape index (κ3) is 2.59. The summed E-state index contributed by atoms with van der Waals surface area (Å²) in [5.74, 6) is 2.81. The van der Waals surface area contributed by atoms with Gasteiger partial charge >= 0.3 is 0 Å². The second kappa shape index (κ2) is 5.56. The normalized spacial score (nSPS) is 25.9. The average molecular weight is 301 g/mol. The number of hydrogen-bond acceptors (Lipinski definition) is 5. The third-order valence-electron chi connectivity index (χ3n) is 5.10. The number of piperidine rings is 1. The molecule has 0 saturated carbocycles. The summed E-state index contributed by atoms with van der Waals surface area (Å²) >= 11 is 0. The van der Waals surface area contributed by atoms with Crippen molar-refractivity contribution in [2.24, 2.45) is 5.92 Å². The molecule has 0 spiro atoms. The minimum atomic E-state index is 0.643. The van der Waals surface area contributed by atoms with Gasteiger partial charge in [0.25, 0.3) is 0 Å². The van der Waals surface area contributed by atoms with Crippen LogP contribution in [-0.2, 0) is 13.1 Å². The maximum absolute atomic E-state index is 5.51. The molecule has 0 radical (unpaired) electrons. The summed E-state index contributed by atoms with van der Waals surface area (Å²) in [7, 11) is 0. The van der Waals surface area contributed by atoms with E-state index in [0.29, 0.717) is 6.04 Å². The molecule has 2 saturated heterocycles. The van der Waals surface area contributed by atoms with E-state index in [-0.39, 0.29) is 0 Å². The van der Waals surface area contributed by atoms with Gasteiger partial charge in [0.1, 0.15) is 11.5 Å². The van der Waals surface area contributed by atoms with E-state index in [1.165, 1.54) is 25.1 Å². The van der Waals surface area contributed by atoms with E-state index in [0.717, 1.165) is 42.8 Å². The third-order valence-corrected chi connectivity index (χ3v) is 5.10. The standard InChI is InChI=1S/C17H23N3O2/c1-12-17(13(2)22-18-12)11-19-7-14-6-15(9-19)20(8-14)10-16-4-3-5-21-16/h3-5,14-15H,6-11H2,1-2H3/t14-,15+/m1/s1. The van der Waals surface area contributed by atoms with Gasteiger partial charge in [0.15, 0.2) is 0 Å². The number of furan rings is 1. The smallest absolute Gasteiger partial charge is 0.138 e. The highest BCUT2D eigenvalue weighted by molar-refractivity contribution is 5.20. The molecular weight excluding hydrogens is 278 g/mol. The van der Waals surface area contributed by atoms with Crippen LogP contribution in [-0.4, -0.2) is 40.6 Å². The molecule has 0 N–H and O–H groups in total.